The van der Waals surface area contributed by atoms with Crippen molar-refractivity contribution in [2.24, 2.45) is 0 Å². The minimum absolute atomic E-state index is 0.125. The molecule has 8 heteroatoms. The first kappa shape index (κ1) is 21.3. The Hall–Kier alpha value is -2.45. The number of hydrogen-bond donors (Lipinski definition) is 0. The summed E-state index contributed by atoms with van der Waals surface area (Å²) >= 11 is 1.51. The molecule has 1 amide bonds. The van der Waals surface area contributed by atoms with Crippen LogP contribution in [-0.4, -0.2) is 59.4 Å². The van der Waals surface area contributed by atoms with Crippen LogP contribution in [0.4, 0.5) is 5.13 Å². The third-order valence-electron chi connectivity index (χ3n) is 4.49. The fourth-order valence-electron chi connectivity index (χ4n) is 3.01. The minimum Gasteiger partial charge on any atom is -0.492 e. The summed E-state index contributed by atoms with van der Waals surface area (Å²) in [5.74, 6) is 0.623. The number of para-hydroxylation sites is 1. The molecule has 3 rings (SSSR count). The summed E-state index contributed by atoms with van der Waals surface area (Å²) in [7, 11) is 4.06. The lowest BCUT2D eigenvalue weighted by molar-refractivity contribution is 0.0980. The average molecular weight is 416 g/mol. The summed E-state index contributed by atoms with van der Waals surface area (Å²) < 4.78 is 8.52. The molecule has 0 saturated heterocycles. The molecule has 0 spiro atoms. The molecule has 0 fully saturated rings. The number of hydrogen-bond acceptors (Lipinski definition) is 6. The van der Waals surface area contributed by atoms with E-state index < -0.39 is 0 Å². The maximum atomic E-state index is 13.3. The van der Waals surface area contributed by atoms with E-state index in [1.807, 2.05) is 59.3 Å². The number of fused-ring (bicyclic) bond motifs is 1. The van der Waals surface area contributed by atoms with Gasteiger partial charge in [0.2, 0.25) is 0 Å². The van der Waals surface area contributed by atoms with Crippen LogP contribution in [0, 0.1) is 0 Å². The smallest absolute Gasteiger partial charge is 0.280 e. The Balaban J connectivity index is 1.95. The van der Waals surface area contributed by atoms with Crippen LogP contribution in [0.25, 0.3) is 10.2 Å². The molecule has 156 valence electrons. The van der Waals surface area contributed by atoms with Crippen LogP contribution in [0.3, 0.4) is 0 Å². The highest BCUT2D eigenvalue weighted by molar-refractivity contribution is 7.22. The first-order chi connectivity index (χ1) is 13.9. The SMILES string of the molecule is CCOc1cccc2sc(N(CCCN(C)C)C(=O)c3ccn(C(C)C)n3)nc12. The molecule has 0 radical (unpaired) electrons. The van der Waals surface area contributed by atoms with Crippen LogP contribution in [-0.2, 0) is 0 Å². The lowest BCUT2D eigenvalue weighted by Gasteiger charge is -2.20. The van der Waals surface area contributed by atoms with Crippen LogP contribution in [0.2, 0.25) is 0 Å². The number of carbonyl (C=O) groups is 1. The van der Waals surface area contributed by atoms with E-state index in [4.69, 9.17) is 9.72 Å². The minimum atomic E-state index is -0.125. The Bertz CT molecular complexity index is 963. The van der Waals surface area contributed by atoms with Crippen molar-refractivity contribution in [1.29, 1.82) is 0 Å². The lowest BCUT2D eigenvalue weighted by Crippen LogP contribution is -2.33. The van der Waals surface area contributed by atoms with E-state index in [0.717, 1.165) is 28.9 Å². The zero-order valence-corrected chi connectivity index (χ0v) is 18.6. The number of benzene rings is 1. The molecule has 7 nitrogen and oxygen atoms in total. The number of thiazole rings is 1. The fraction of sp³-hybridized carbons (Fsp3) is 0.476. The molecule has 0 N–H and O–H groups in total. The molecule has 0 atom stereocenters. The van der Waals surface area contributed by atoms with Crippen molar-refractivity contribution in [3.63, 3.8) is 0 Å². The van der Waals surface area contributed by atoms with Gasteiger partial charge in [0.05, 0.1) is 11.3 Å². The summed E-state index contributed by atoms with van der Waals surface area (Å²) in [6.45, 7) is 8.07. The lowest BCUT2D eigenvalue weighted by atomic mass is 10.3. The molecule has 0 aliphatic carbocycles. The average Bonchev–Trinajstić information content (AvgIpc) is 3.32. The summed E-state index contributed by atoms with van der Waals surface area (Å²) in [5.41, 5.74) is 1.24. The zero-order valence-electron chi connectivity index (χ0n) is 17.8. The van der Waals surface area contributed by atoms with Crippen molar-refractivity contribution in [3.8, 4) is 5.75 Å². The number of carbonyl (C=O) groups excluding carboxylic acids is 1. The highest BCUT2D eigenvalue weighted by Crippen LogP contribution is 2.34. The van der Waals surface area contributed by atoms with E-state index in [9.17, 15) is 4.79 Å². The maximum Gasteiger partial charge on any atom is 0.280 e. The normalized spacial score (nSPS) is 11.6. The quantitative estimate of drug-likeness (QED) is 0.527. The monoisotopic (exact) mass is 415 g/mol. The van der Waals surface area contributed by atoms with Gasteiger partial charge >= 0.3 is 0 Å². The van der Waals surface area contributed by atoms with Gasteiger partial charge in [-0.15, -0.1) is 0 Å². The van der Waals surface area contributed by atoms with Gasteiger partial charge in [0.15, 0.2) is 10.8 Å². The third-order valence-corrected chi connectivity index (χ3v) is 5.53. The summed E-state index contributed by atoms with van der Waals surface area (Å²) in [6.07, 6.45) is 2.69. The molecule has 1 aromatic carbocycles. The Morgan fingerprint density at radius 3 is 2.69 bits per heavy atom. The van der Waals surface area contributed by atoms with Gasteiger partial charge in [0.25, 0.3) is 5.91 Å². The molecule has 0 bridgehead atoms. The number of nitrogens with zero attached hydrogens (tertiary/aromatic N) is 5. The van der Waals surface area contributed by atoms with Gasteiger partial charge in [-0.05, 0) is 66.0 Å². The highest BCUT2D eigenvalue weighted by Gasteiger charge is 2.24. The Labute approximate surface area is 175 Å². The molecule has 0 unspecified atom stereocenters. The summed E-state index contributed by atoms with van der Waals surface area (Å²) in [4.78, 5) is 21.9. The van der Waals surface area contributed by atoms with Crippen molar-refractivity contribution in [2.45, 2.75) is 33.2 Å². The second-order valence-corrected chi connectivity index (χ2v) is 8.43. The van der Waals surface area contributed by atoms with Gasteiger partial charge in [-0.2, -0.15) is 5.10 Å². The van der Waals surface area contributed by atoms with Crippen molar-refractivity contribution < 1.29 is 9.53 Å². The summed E-state index contributed by atoms with van der Waals surface area (Å²) in [5, 5.41) is 5.14. The molecular weight excluding hydrogens is 386 g/mol. The number of anilines is 1. The van der Waals surface area contributed by atoms with Crippen molar-refractivity contribution in [1.82, 2.24) is 19.7 Å². The second kappa shape index (κ2) is 9.37. The third kappa shape index (κ3) is 4.94. The van der Waals surface area contributed by atoms with E-state index in [2.05, 4.69) is 10.00 Å². The van der Waals surface area contributed by atoms with Crippen LogP contribution < -0.4 is 9.64 Å². The van der Waals surface area contributed by atoms with E-state index in [0.29, 0.717) is 24.0 Å². The molecular formula is C21H29N5O2S. The van der Waals surface area contributed by atoms with Crippen molar-refractivity contribution >= 4 is 32.6 Å². The van der Waals surface area contributed by atoms with Gasteiger partial charge in [0.1, 0.15) is 11.3 Å². The predicted octanol–water partition coefficient (Wildman–Crippen LogP) is 4.07. The standard InChI is InChI=1S/C21H29N5O2S/c1-6-28-17-9-7-10-18-19(17)22-21(29-18)25(13-8-12-24(4)5)20(27)16-11-14-26(23-16)15(2)3/h7,9-11,14-15H,6,8,12-13H2,1-5H3. The van der Waals surface area contributed by atoms with Crippen LogP contribution in [0.15, 0.2) is 30.5 Å². The first-order valence-corrected chi connectivity index (χ1v) is 10.8. The van der Waals surface area contributed by atoms with Crippen molar-refractivity contribution in [3.05, 3.63) is 36.2 Å². The Morgan fingerprint density at radius 2 is 2.03 bits per heavy atom. The van der Waals surface area contributed by atoms with Gasteiger partial charge < -0.3 is 9.64 Å². The molecule has 0 aliphatic heterocycles. The highest BCUT2D eigenvalue weighted by atomic mass is 32.1. The topological polar surface area (TPSA) is 63.5 Å². The Kier molecular flexibility index (Phi) is 6.87. The number of ether oxygens (including phenoxy) is 1. The van der Waals surface area contributed by atoms with E-state index in [1.54, 1.807) is 15.6 Å². The molecule has 29 heavy (non-hydrogen) atoms. The predicted molar refractivity (Wildman–Crippen MR) is 118 cm³/mol. The molecule has 2 heterocycles. The largest absolute Gasteiger partial charge is 0.492 e. The summed E-state index contributed by atoms with van der Waals surface area (Å²) in [6, 6.07) is 7.86. The molecule has 2 aromatic heterocycles. The Morgan fingerprint density at radius 1 is 1.24 bits per heavy atom. The van der Waals surface area contributed by atoms with E-state index in [-0.39, 0.29) is 11.9 Å². The van der Waals surface area contributed by atoms with E-state index in [1.165, 1.54) is 11.3 Å². The first-order valence-electron chi connectivity index (χ1n) is 9.94. The van der Waals surface area contributed by atoms with Crippen LogP contribution >= 0.6 is 11.3 Å². The van der Waals surface area contributed by atoms with Crippen molar-refractivity contribution in [2.75, 3.05) is 38.7 Å². The molecule has 0 saturated carbocycles. The van der Waals surface area contributed by atoms with Gasteiger partial charge in [0, 0.05) is 18.8 Å². The maximum absolute atomic E-state index is 13.3. The fourth-order valence-corrected chi connectivity index (χ4v) is 4.01. The molecule has 3 aromatic rings. The van der Waals surface area contributed by atoms with Crippen LogP contribution in [0.1, 0.15) is 43.7 Å². The second-order valence-electron chi connectivity index (χ2n) is 7.42. The zero-order chi connectivity index (χ0) is 21.0. The molecule has 0 aliphatic rings. The number of rotatable bonds is 9. The van der Waals surface area contributed by atoms with Crippen LogP contribution in [0.5, 0.6) is 5.75 Å². The van der Waals surface area contributed by atoms with Gasteiger partial charge in [-0.25, -0.2) is 4.98 Å². The van der Waals surface area contributed by atoms with Gasteiger partial charge in [-0.1, -0.05) is 17.4 Å². The van der Waals surface area contributed by atoms with E-state index >= 15 is 0 Å². The van der Waals surface area contributed by atoms with Gasteiger partial charge in [-0.3, -0.25) is 14.4 Å². The number of aromatic nitrogens is 3. The number of amides is 1.